The lowest BCUT2D eigenvalue weighted by Gasteiger charge is -2.61. The third-order valence-corrected chi connectivity index (χ3v) is 10.7. The summed E-state index contributed by atoms with van der Waals surface area (Å²) in [6.07, 6.45) is 28.3. The number of carbonyl (C=O) groups is 2. The van der Waals surface area contributed by atoms with E-state index in [1.165, 1.54) is 95.0 Å². The van der Waals surface area contributed by atoms with E-state index in [-0.39, 0.29) is 23.7 Å². The van der Waals surface area contributed by atoms with Gasteiger partial charge in [0.1, 0.15) is 11.1 Å². The van der Waals surface area contributed by atoms with Crippen molar-refractivity contribution in [1.29, 1.82) is 0 Å². The Balaban J connectivity index is 1.39. The lowest BCUT2D eigenvalue weighted by Crippen LogP contribution is -2.80. The van der Waals surface area contributed by atoms with E-state index in [0.29, 0.717) is 19.4 Å². The number of hydrogen-bond donors (Lipinski definition) is 1. The second-order valence-electron chi connectivity index (χ2n) is 13.5. The van der Waals surface area contributed by atoms with Gasteiger partial charge >= 0.3 is 0 Å². The third kappa shape index (κ3) is 7.67. The molecule has 1 aliphatic heterocycles. The maximum Gasteiger partial charge on any atom is 0.252 e. The summed E-state index contributed by atoms with van der Waals surface area (Å²) in [6, 6.07) is 0. The first-order chi connectivity index (χ1) is 18.9. The Morgan fingerprint density at radius 3 is 1.33 bits per heavy atom. The van der Waals surface area contributed by atoms with E-state index in [0.717, 1.165) is 51.4 Å². The van der Waals surface area contributed by atoms with Crippen LogP contribution >= 0.6 is 0 Å². The molecule has 1 N–H and O–H groups in total. The Labute approximate surface area is 240 Å². The second kappa shape index (κ2) is 16.5. The molecule has 3 aliphatic rings. The molecule has 2 spiro atoms. The fourth-order valence-corrected chi connectivity index (χ4v) is 8.04. The van der Waals surface area contributed by atoms with Crippen molar-refractivity contribution in [1.82, 2.24) is 9.96 Å². The summed E-state index contributed by atoms with van der Waals surface area (Å²) in [4.78, 5) is 29.5. The van der Waals surface area contributed by atoms with Gasteiger partial charge in [0.2, 0.25) is 0 Å². The highest BCUT2D eigenvalue weighted by atomic mass is 16.5. The van der Waals surface area contributed by atoms with Crippen molar-refractivity contribution in [2.24, 2.45) is 11.8 Å². The first-order valence-corrected chi connectivity index (χ1v) is 17.3. The molecule has 39 heavy (non-hydrogen) atoms. The van der Waals surface area contributed by atoms with Crippen LogP contribution in [-0.2, 0) is 9.59 Å². The molecule has 0 aromatic rings. The summed E-state index contributed by atoms with van der Waals surface area (Å²) in [5.74, 6) is -0.106. The smallest absolute Gasteiger partial charge is 0.252 e. The van der Waals surface area contributed by atoms with Crippen LogP contribution in [0.5, 0.6) is 0 Å². The van der Waals surface area contributed by atoms with Crippen molar-refractivity contribution in [2.75, 3.05) is 6.54 Å². The van der Waals surface area contributed by atoms with Crippen LogP contribution in [0.1, 0.15) is 175 Å². The molecule has 1 heterocycles. The van der Waals surface area contributed by atoms with E-state index in [1.807, 2.05) is 0 Å². The number of hydrogen-bond acceptors (Lipinski definition) is 4. The fraction of sp³-hybridized carbons (Fsp3) is 0.941. The summed E-state index contributed by atoms with van der Waals surface area (Å²) in [7, 11) is 0. The summed E-state index contributed by atoms with van der Waals surface area (Å²) in [6.45, 7) is 7.03. The Bertz CT molecular complexity index is 700. The molecule has 4 unspecified atom stereocenters. The Morgan fingerprint density at radius 2 is 0.974 bits per heavy atom. The van der Waals surface area contributed by atoms with E-state index >= 15 is 0 Å². The first kappa shape index (κ1) is 32.6. The molecular weight excluding hydrogens is 484 g/mol. The van der Waals surface area contributed by atoms with Crippen LogP contribution in [0.4, 0.5) is 0 Å². The molecule has 0 aromatic heterocycles. The number of hydroxylamine groups is 2. The van der Waals surface area contributed by atoms with Crippen LogP contribution < -0.4 is 0 Å². The second-order valence-corrected chi connectivity index (χ2v) is 13.5. The number of unbranched alkanes of at least 4 members (excludes halogenated alkanes) is 15. The van der Waals surface area contributed by atoms with Crippen LogP contribution in [0.3, 0.4) is 0 Å². The number of imide groups is 1. The highest BCUT2D eigenvalue weighted by molar-refractivity contribution is 6.07. The SMILES string of the molecule is CCCCCCCCCCCCCCCCCCN1C(=O)C2(CCCCC2C)N(O)C2(CCCCC2C)C1=O. The van der Waals surface area contributed by atoms with Gasteiger partial charge in [0.15, 0.2) is 0 Å². The van der Waals surface area contributed by atoms with Crippen molar-refractivity contribution in [3.63, 3.8) is 0 Å². The molecule has 2 amide bonds. The molecule has 1 saturated heterocycles. The zero-order valence-corrected chi connectivity index (χ0v) is 26.0. The van der Waals surface area contributed by atoms with E-state index in [4.69, 9.17) is 0 Å². The van der Waals surface area contributed by atoms with Crippen LogP contribution in [0.25, 0.3) is 0 Å². The van der Waals surface area contributed by atoms with E-state index in [9.17, 15) is 14.8 Å². The van der Waals surface area contributed by atoms with Gasteiger partial charge in [-0.1, -0.05) is 143 Å². The quantitative estimate of drug-likeness (QED) is 0.146. The molecular formula is C34H62N2O3. The van der Waals surface area contributed by atoms with Gasteiger partial charge in [-0.25, -0.2) is 0 Å². The van der Waals surface area contributed by atoms with E-state index < -0.39 is 11.1 Å². The molecule has 3 rings (SSSR count). The third-order valence-electron chi connectivity index (χ3n) is 10.7. The van der Waals surface area contributed by atoms with Crippen LogP contribution in [0.2, 0.25) is 0 Å². The van der Waals surface area contributed by atoms with Gasteiger partial charge in [-0.3, -0.25) is 14.5 Å². The highest BCUT2D eigenvalue weighted by Gasteiger charge is 2.67. The molecule has 0 aromatic carbocycles. The average Bonchev–Trinajstić information content (AvgIpc) is 2.94. The number of rotatable bonds is 17. The Kier molecular flexibility index (Phi) is 13.8. The standard InChI is InChI=1S/C34H62N2O3/c1-4-5-6-7-8-9-10-11-12-13-14-15-16-17-18-23-28-35-31(37)33(26-21-19-24-29(33)2)36(39)34(32(35)38)27-22-20-25-30(34)3/h29-30,39H,4-28H2,1-3H3. The molecule has 2 saturated carbocycles. The molecule has 5 nitrogen and oxygen atoms in total. The highest BCUT2D eigenvalue weighted by Crippen LogP contribution is 2.51. The van der Waals surface area contributed by atoms with Gasteiger partial charge in [0, 0.05) is 6.54 Å². The molecule has 4 atom stereocenters. The number of piperazine rings is 1. The maximum atomic E-state index is 14.0. The van der Waals surface area contributed by atoms with Gasteiger partial charge < -0.3 is 5.21 Å². The minimum atomic E-state index is -0.924. The number of carbonyl (C=O) groups excluding carboxylic acids is 2. The van der Waals surface area contributed by atoms with Gasteiger partial charge in [0.25, 0.3) is 11.8 Å². The summed E-state index contributed by atoms with van der Waals surface area (Å²) < 4.78 is 0. The van der Waals surface area contributed by atoms with Crippen molar-refractivity contribution >= 4 is 11.8 Å². The van der Waals surface area contributed by atoms with Crippen LogP contribution in [0, 0.1) is 11.8 Å². The van der Waals surface area contributed by atoms with Gasteiger partial charge in [-0.2, -0.15) is 5.06 Å². The lowest BCUT2D eigenvalue weighted by atomic mass is 9.63. The molecule has 0 radical (unpaired) electrons. The number of nitrogens with zero attached hydrogens (tertiary/aromatic N) is 2. The molecule has 5 heteroatoms. The fourth-order valence-electron chi connectivity index (χ4n) is 8.04. The zero-order chi connectivity index (χ0) is 28.1. The first-order valence-electron chi connectivity index (χ1n) is 17.3. The minimum Gasteiger partial charge on any atom is -0.312 e. The molecule has 3 fully saturated rings. The van der Waals surface area contributed by atoms with Crippen LogP contribution in [-0.4, -0.2) is 44.6 Å². The lowest BCUT2D eigenvalue weighted by molar-refractivity contribution is -0.284. The van der Waals surface area contributed by atoms with Crippen molar-refractivity contribution in [3.8, 4) is 0 Å². The van der Waals surface area contributed by atoms with Crippen molar-refractivity contribution in [3.05, 3.63) is 0 Å². The minimum absolute atomic E-state index is 0.0659. The van der Waals surface area contributed by atoms with Crippen molar-refractivity contribution < 1.29 is 14.8 Å². The zero-order valence-electron chi connectivity index (χ0n) is 26.0. The summed E-state index contributed by atoms with van der Waals surface area (Å²) >= 11 is 0. The van der Waals surface area contributed by atoms with Crippen LogP contribution in [0.15, 0.2) is 0 Å². The van der Waals surface area contributed by atoms with Gasteiger partial charge in [0.05, 0.1) is 0 Å². The Morgan fingerprint density at radius 1 is 0.615 bits per heavy atom. The molecule has 2 aliphatic carbocycles. The summed E-state index contributed by atoms with van der Waals surface area (Å²) in [5, 5.41) is 13.1. The summed E-state index contributed by atoms with van der Waals surface area (Å²) in [5.41, 5.74) is -1.85. The van der Waals surface area contributed by atoms with Crippen molar-refractivity contribution in [2.45, 2.75) is 186 Å². The molecule has 0 bridgehead atoms. The number of amides is 2. The van der Waals surface area contributed by atoms with Gasteiger partial charge in [-0.15, -0.1) is 0 Å². The predicted octanol–water partition coefficient (Wildman–Crippen LogP) is 9.21. The van der Waals surface area contributed by atoms with Gasteiger partial charge in [-0.05, 0) is 43.9 Å². The Hall–Kier alpha value is -0.940. The topological polar surface area (TPSA) is 60.9 Å². The maximum absolute atomic E-state index is 14.0. The monoisotopic (exact) mass is 546 g/mol. The predicted molar refractivity (Wildman–Crippen MR) is 161 cm³/mol. The average molecular weight is 547 g/mol. The van der Waals surface area contributed by atoms with E-state index in [1.54, 1.807) is 4.90 Å². The molecule has 226 valence electrons. The largest absolute Gasteiger partial charge is 0.312 e. The normalized spacial score (nSPS) is 30.1. The van der Waals surface area contributed by atoms with E-state index in [2.05, 4.69) is 20.8 Å².